The summed E-state index contributed by atoms with van der Waals surface area (Å²) in [5, 5.41) is 2.45. The fourth-order valence-corrected chi connectivity index (χ4v) is 6.94. The van der Waals surface area contributed by atoms with Crippen molar-refractivity contribution in [1.29, 1.82) is 0 Å². The van der Waals surface area contributed by atoms with E-state index in [0.717, 1.165) is 45.2 Å². The lowest BCUT2D eigenvalue weighted by atomic mass is 9.99. The van der Waals surface area contributed by atoms with Gasteiger partial charge in [-0.15, -0.1) is 0 Å². The molecule has 1 heterocycles. The van der Waals surface area contributed by atoms with Crippen LogP contribution in [-0.4, -0.2) is 9.55 Å². The van der Waals surface area contributed by atoms with Crippen LogP contribution in [0.2, 0.25) is 0 Å². The highest BCUT2D eigenvalue weighted by Crippen LogP contribution is 2.39. The first-order chi connectivity index (χ1) is 24.8. The standard InChI is InChI=1S/C47H33N3/c1-3-14-40(15-4-1)49(45-21-11-13-38-12-7-8-18-43(38)45)42-32-30-37(31-33-42)35-24-22-34(23-25-35)36-26-28-39(29-27-36)47-48-44-19-9-10-20-46(44)50(47)41-16-5-2-6-17-41/h1-33H. The van der Waals surface area contributed by atoms with Crippen molar-refractivity contribution in [3.8, 4) is 39.3 Å². The number of nitrogens with zero attached hydrogens (tertiary/aromatic N) is 3. The number of imidazole rings is 1. The highest BCUT2D eigenvalue weighted by Gasteiger charge is 2.16. The highest BCUT2D eigenvalue weighted by molar-refractivity contribution is 5.99. The summed E-state index contributed by atoms with van der Waals surface area (Å²) < 4.78 is 2.24. The molecule has 8 aromatic carbocycles. The topological polar surface area (TPSA) is 21.1 Å². The molecule has 9 rings (SSSR count). The van der Waals surface area contributed by atoms with Crippen molar-refractivity contribution in [3.63, 3.8) is 0 Å². The second-order valence-electron chi connectivity index (χ2n) is 12.5. The molecule has 0 atom stereocenters. The molecule has 50 heavy (non-hydrogen) atoms. The Balaban J connectivity index is 0.998. The normalized spacial score (nSPS) is 11.2. The van der Waals surface area contributed by atoms with Gasteiger partial charge in [0.25, 0.3) is 0 Å². The largest absolute Gasteiger partial charge is 0.310 e. The van der Waals surface area contributed by atoms with Gasteiger partial charge in [0.05, 0.1) is 16.7 Å². The Bertz CT molecular complexity index is 2550. The lowest BCUT2D eigenvalue weighted by Gasteiger charge is -2.27. The van der Waals surface area contributed by atoms with Gasteiger partial charge in [-0.3, -0.25) is 4.57 Å². The molecule has 236 valence electrons. The quantitative estimate of drug-likeness (QED) is 0.173. The molecule has 0 fully saturated rings. The molecular formula is C47H33N3. The van der Waals surface area contributed by atoms with Gasteiger partial charge in [0.1, 0.15) is 5.82 Å². The maximum absolute atomic E-state index is 5.03. The summed E-state index contributed by atoms with van der Waals surface area (Å²) >= 11 is 0. The van der Waals surface area contributed by atoms with Gasteiger partial charge in [0.15, 0.2) is 0 Å². The molecule has 0 aliphatic rings. The van der Waals surface area contributed by atoms with Crippen LogP contribution in [0.25, 0.3) is 61.1 Å². The zero-order chi connectivity index (χ0) is 33.3. The maximum Gasteiger partial charge on any atom is 0.145 e. The molecule has 0 aliphatic carbocycles. The number of anilines is 3. The van der Waals surface area contributed by atoms with E-state index >= 15 is 0 Å². The molecule has 0 spiro atoms. The zero-order valence-electron chi connectivity index (χ0n) is 27.4. The number of rotatable bonds is 7. The van der Waals surface area contributed by atoms with Crippen LogP contribution in [0.15, 0.2) is 200 Å². The van der Waals surface area contributed by atoms with Crippen molar-refractivity contribution in [2.75, 3.05) is 4.90 Å². The summed E-state index contributed by atoms with van der Waals surface area (Å²) in [6, 6.07) is 70.9. The van der Waals surface area contributed by atoms with Crippen LogP contribution in [0, 0.1) is 0 Å². The van der Waals surface area contributed by atoms with E-state index in [2.05, 4.69) is 198 Å². The third-order valence-electron chi connectivity index (χ3n) is 9.42. The Labute approximate surface area is 292 Å². The maximum atomic E-state index is 5.03. The Morgan fingerprint density at radius 2 is 0.880 bits per heavy atom. The molecule has 0 N–H and O–H groups in total. The number of para-hydroxylation sites is 4. The highest BCUT2D eigenvalue weighted by atomic mass is 15.1. The van der Waals surface area contributed by atoms with E-state index < -0.39 is 0 Å². The van der Waals surface area contributed by atoms with Crippen molar-refractivity contribution >= 4 is 38.9 Å². The van der Waals surface area contributed by atoms with Gasteiger partial charge in [-0.1, -0.05) is 146 Å². The fourth-order valence-electron chi connectivity index (χ4n) is 6.94. The van der Waals surface area contributed by atoms with Gasteiger partial charge >= 0.3 is 0 Å². The van der Waals surface area contributed by atoms with Crippen molar-refractivity contribution in [1.82, 2.24) is 9.55 Å². The van der Waals surface area contributed by atoms with E-state index in [1.165, 1.54) is 33.0 Å². The van der Waals surface area contributed by atoms with Crippen molar-refractivity contribution < 1.29 is 0 Å². The molecule has 1 aromatic heterocycles. The van der Waals surface area contributed by atoms with Crippen molar-refractivity contribution in [3.05, 3.63) is 200 Å². The van der Waals surface area contributed by atoms with Gasteiger partial charge in [-0.2, -0.15) is 0 Å². The molecule has 0 saturated carbocycles. The van der Waals surface area contributed by atoms with Gasteiger partial charge in [-0.05, 0) is 82.2 Å². The minimum absolute atomic E-state index is 0.939. The van der Waals surface area contributed by atoms with Gasteiger partial charge in [0.2, 0.25) is 0 Å². The van der Waals surface area contributed by atoms with Crippen LogP contribution in [0.3, 0.4) is 0 Å². The monoisotopic (exact) mass is 639 g/mol. The summed E-state index contributed by atoms with van der Waals surface area (Å²) in [6.45, 7) is 0. The first kappa shape index (κ1) is 29.4. The molecule has 0 saturated heterocycles. The molecule has 3 nitrogen and oxygen atoms in total. The zero-order valence-corrected chi connectivity index (χ0v) is 27.4. The molecule has 0 bridgehead atoms. The molecular weight excluding hydrogens is 607 g/mol. The molecule has 0 unspecified atom stereocenters. The Hall–Kier alpha value is -6.71. The molecule has 9 aromatic rings. The summed E-state index contributed by atoms with van der Waals surface area (Å²) in [5.41, 5.74) is 12.4. The van der Waals surface area contributed by atoms with E-state index in [0.29, 0.717) is 0 Å². The summed E-state index contributed by atoms with van der Waals surface area (Å²) in [6.07, 6.45) is 0. The fraction of sp³-hybridized carbons (Fsp3) is 0. The van der Waals surface area contributed by atoms with E-state index in [9.17, 15) is 0 Å². The van der Waals surface area contributed by atoms with Crippen LogP contribution >= 0.6 is 0 Å². The van der Waals surface area contributed by atoms with Crippen molar-refractivity contribution in [2.24, 2.45) is 0 Å². The smallest absolute Gasteiger partial charge is 0.145 e. The van der Waals surface area contributed by atoms with Gasteiger partial charge < -0.3 is 4.90 Å². The van der Waals surface area contributed by atoms with Crippen LogP contribution in [0.5, 0.6) is 0 Å². The molecule has 3 heteroatoms. The number of hydrogen-bond donors (Lipinski definition) is 0. The Morgan fingerprint density at radius 3 is 1.56 bits per heavy atom. The predicted octanol–water partition coefficient (Wildman–Crippen LogP) is 12.6. The lowest BCUT2D eigenvalue weighted by molar-refractivity contribution is 1.10. The SMILES string of the molecule is c1ccc(N(c2ccc(-c3ccc(-c4ccc(-c5nc6ccccc6n5-c5ccccc5)cc4)cc3)cc2)c2cccc3ccccc23)cc1. The summed E-state index contributed by atoms with van der Waals surface area (Å²) in [4.78, 5) is 7.37. The lowest BCUT2D eigenvalue weighted by Crippen LogP contribution is -2.10. The average Bonchev–Trinajstić information content (AvgIpc) is 3.59. The first-order valence-corrected chi connectivity index (χ1v) is 17.0. The van der Waals surface area contributed by atoms with E-state index in [4.69, 9.17) is 4.98 Å². The molecule has 0 amide bonds. The second kappa shape index (κ2) is 12.7. The van der Waals surface area contributed by atoms with Crippen molar-refractivity contribution in [2.45, 2.75) is 0 Å². The van der Waals surface area contributed by atoms with Gasteiger partial charge in [0, 0.05) is 28.0 Å². The van der Waals surface area contributed by atoms with Crippen LogP contribution in [0.1, 0.15) is 0 Å². The number of hydrogen-bond acceptors (Lipinski definition) is 2. The number of benzene rings is 8. The first-order valence-electron chi connectivity index (χ1n) is 17.0. The number of fused-ring (bicyclic) bond motifs is 2. The van der Waals surface area contributed by atoms with Crippen LogP contribution in [-0.2, 0) is 0 Å². The molecule has 0 aliphatic heterocycles. The third-order valence-corrected chi connectivity index (χ3v) is 9.42. The Morgan fingerprint density at radius 1 is 0.380 bits per heavy atom. The van der Waals surface area contributed by atoms with E-state index in [1.54, 1.807) is 0 Å². The summed E-state index contributed by atoms with van der Waals surface area (Å²) in [5.74, 6) is 0.939. The number of aromatic nitrogens is 2. The van der Waals surface area contributed by atoms with Crippen LogP contribution in [0.4, 0.5) is 17.1 Å². The predicted molar refractivity (Wildman–Crippen MR) is 210 cm³/mol. The minimum Gasteiger partial charge on any atom is -0.310 e. The average molecular weight is 640 g/mol. The van der Waals surface area contributed by atoms with Gasteiger partial charge in [-0.25, -0.2) is 4.98 Å². The van der Waals surface area contributed by atoms with E-state index in [1.807, 2.05) is 12.1 Å². The third kappa shape index (κ3) is 5.41. The second-order valence-corrected chi connectivity index (χ2v) is 12.5. The minimum atomic E-state index is 0.939. The van der Waals surface area contributed by atoms with E-state index in [-0.39, 0.29) is 0 Å². The Kier molecular flexibility index (Phi) is 7.49. The van der Waals surface area contributed by atoms with Crippen LogP contribution < -0.4 is 4.90 Å². The summed E-state index contributed by atoms with van der Waals surface area (Å²) in [7, 11) is 0. The molecule has 0 radical (unpaired) electrons.